The van der Waals surface area contributed by atoms with Crippen LogP contribution in [0.2, 0.25) is 0 Å². The van der Waals surface area contributed by atoms with Gasteiger partial charge in [-0.25, -0.2) is 4.39 Å². The highest BCUT2D eigenvalue weighted by molar-refractivity contribution is 9.10. The standard InChI is InChI=1S/C14H20BrFN2/c1-10-9-13(15)14(16)12(11(10)2)3-6-18-7-4-17-5-8-18/h9,17H,3-8H2,1-2H3. The van der Waals surface area contributed by atoms with Crippen LogP contribution in [0.5, 0.6) is 0 Å². The highest BCUT2D eigenvalue weighted by atomic mass is 79.9. The third-order valence-electron chi connectivity index (χ3n) is 3.75. The molecule has 1 aromatic rings. The highest BCUT2D eigenvalue weighted by Crippen LogP contribution is 2.25. The van der Waals surface area contributed by atoms with Gasteiger partial charge >= 0.3 is 0 Å². The molecule has 0 amide bonds. The SMILES string of the molecule is Cc1cc(Br)c(F)c(CCN2CCNCC2)c1C. The third-order valence-corrected chi connectivity index (χ3v) is 4.33. The summed E-state index contributed by atoms with van der Waals surface area (Å²) < 4.78 is 14.7. The average molecular weight is 315 g/mol. The van der Waals surface area contributed by atoms with E-state index in [1.807, 2.05) is 19.9 Å². The van der Waals surface area contributed by atoms with Gasteiger partial charge in [-0.05, 0) is 59.0 Å². The van der Waals surface area contributed by atoms with Crippen molar-refractivity contribution in [1.82, 2.24) is 10.2 Å². The molecule has 100 valence electrons. The van der Waals surface area contributed by atoms with Crippen LogP contribution in [0.3, 0.4) is 0 Å². The van der Waals surface area contributed by atoms with Gasteiger partial charge in [0.05, 0.1) is 4.47 Å². The van der Waals surface area contributed by atoms with Gasteiger partial charge in [-0.1, -0.05) is 0 Å². The monoisotopic (exact) mass is 314 g/mol. The van der Waals surface area contributed by atoms with Gasteiger partial charge in [0.15, 0.2) is 0 Å². The van der Waals surface area contributed by atoms with Crippen molar-refractivity contribution < 1.29 is 4.39 Å². The quantitative estimate of drug-likeness (QED) is 0.922. The number of piperazine rings is 1. The lowest BCUT2D eigenvalue weighted by Crippen LogP contribution is -2.44. The Balaban J connectivity index is 2.08. The third kappa shape index (κ3) is 3.11. The van der Waals surface area contributed by atoms with Crippen molar-refractivity contribution in [2.45, 2.75) is 20.3 Å². The van der Waals surface area contributed by atoms with Crippen molar-refractivity contribution in [2.75, 3.05) is 32.7 Å². The molecule has 0 unspecified atom stereocenters. The molecule has 1 fully saturated rings. The molecule has 1 aliphatic rings. The largest absolute Gasteiger partial charge is 0.314 e. The van der Waals surface area contributed by atoms with Crippen LogP contribution < -0.4 is 5.32 Å². The minimum absolute atomic E-state index is 0.0896. The summed E-state index contributed by atoms with van der Waals surface area (Å²) in [7, 11) is 0. The number of halogens is 2. The maximum Gasteiger partial charge on any atom is 0.140 e. The smallest absolute Gasteiger partial charge is 0.140 e. The minimum atomic E-state index is -0.0896. The van der Waals surface area contributed by atoms with E-state index in [0.717, 1.165) is 55.8 Å². The van der Waals surface area contributed by atoms with Crippen LogP contribution in [-0.2, 0) is 6.42 Å². The van der Waals surface area contributed by atoms with Crippen LogP contribution in [-0.4, -0.2) is 37.6 Å². The van der Waals surface area contributed by atoms with Crippen LogP contribution in [0.25, 0.3) is 0 Å². The summed E-state index contributed by atoms with van der Waals surface area (Å²) in [5, 5.41) is 3.33. The molecule has 4 heteroatoms. The molecule has 0 spiro atoms. The van der Waals surface area contributed by atoms with Crippen LogP contribution in [0.4, 0.5) is 4.39 Å². The van der Waals surface area contributed by atoms with Crippen molar-refractivity contribution >= 4 is 15.9 Å². The molecular formula is C14H20BrFN2. The Morgan fingerprint density at radius 1 is 1.33 bits per heavy atom. The van der Waals surface area contributed by atoms with Crippen molar-refractivity contribution in [3.05, 3.63) is 33.0 Å². The maximum absolute atomic E-state index is 14.1. The van der Waals surface area contributed by atoms with Gasteiger partial charge in [0.25, 0.3) is 0 Å². The van der Waals surface area contributed by atoms with Gasteiger partial charge in [0.1, 0.15) is 5.82 Å². The predicted molar refractivity (Wildman–Crippen MR) is 76.6 cm³/mol. The minimum Gasteiger partial charge on any atom is -0.314 e. The number of rotatable bonds is 3. The summed E-state index contributed by atoms with van der Waals surface area (Å²) >= 11 is 3.30. The zero-order chi connectivity index (χ0) is 13.1. The number of aryl methyl sites for hydroxylation is 1. The molecule has 0 atom stereocenters. The van der Waals surface area contributed by atoms with E-state index in [4.69, 9.17) is 0 Å². The number of hydrogen-bond donors (Lipinski definition) is 1. The molecule has 1 saturated heterocycles. The predicted octanol–water partition coefficient (Wildman–Crippen LogP) is 2.65. The van der Waals surface area contributed by atoms with Crippen molar-refractivity contribution in [3.8, 4) is 0 Å². The van der Waals surface area contributed by atoms with E-state index in [-0.39, 0.29) is 5.82 Å². The van der Waals surface area contributed by atoms with Gasteiger partial charge in [0.2, 0.25) is 0 Å². The van der Waals surface area contributed by atoms with Crippen molar-refractivity contribution in [1.29, 1.82) is 0 Å². The number of hydrogen-bond acceptors (Lipinski definition) is 2. The summed E-state index contributed by atoms with van der Waals surface area (Å²) in [5.74, 6) is -0.0896. The summed E-state index contributed by atoms with van der Waals surface area (Å²) in [5.41, 5.74) is 3.10. The van der Waals surface area contributed by atoms with E-state index in [1.165, 1.54) is 0 Å². The van der Waals surface area contributed by atoms with Crippen LogP contribution in [0, 0.1) is 19.7 Å². The molecule has 0 radical (unpaired) electrons. The van der Waals surface area contributed by atoms with Gasteiger partial charge in [-0.2, -0.15) is 0 Å². The number of nitrogens with one attached hydrogen (secondary N) is 1. The first kappa shape index (κ1) is 14.0. The Labute approximate surface area is 117 Å². The summed E-state index contributed by atoms with van der Waals surface area (Å²) in [4.78, 5) is 2.39. The molecule has 18 heavy (non-hydrogen) atoms. The Hall–Kier alpha value is -0.450. The first-order chi connectivity index (χ1) is 8.59. The zero-order valence-corrected chi connectivity index (χ0v) is 12.6. The summed E-state index contributed by atoms with van der Waals surface area (Å²) in [6, 6.07) is 1.86. The lowest BCUT2D eigenvalue weighted by molar-refractivity contribution is 0.243. The molecule has 1 aromatic carbocycles. The Kier molecular flexibility index (Phi) is 4.76. The molecule has 0 saturated carbocycles. The number of benzene rings is 1. The maximum atomic E-state index is 14.1. The fourth-order valence-electron chi connectivity index (χ4n) is 2.41. The molecular weight excluding hydrogens is 295 g/mol. The van der Waals surface area contributed by atoms with Gasteiger partial charge in [0, 0.05) is 32.7 Å². The van der Waals surface area contributed by atoms with E-state index in [9.17, 15) is 4.39 Å². The Morgan fingerprint density at radius 3 is 2.67 bits per heavy atom. The summed E-state index contributed by atoms with van der Waals surface area (Å²) in [6.45, 7) is 9.19. The van der Waals surface area contributed by atoms with E-state index in [1.54, 1.807) is 0 Å². The second-order valence-corrected chi connectivity index (χ2v) is 5.79. The Morgan fingerprint density at radius 2 is 2.00 bits per heavy atom. The van der Waals surface area contributed by atoms with Crippen molar-refractivity contribution in [3.63, 3.8) is 0 Å². The molecule has 1 aliphatic heterocycles. The molecule has 0 aromatic heterocycles. The molecule has 0 bridgehead atoms. The van der Waals surface area contributed by atoms with Gasteiger partial charge in [-0.3, -0.25) is 0 Å². The van der Waals surface area contributed by atoms with Crippen molar-refractivity contribution in [2.24, 2.45) is 0 Å². The van der Waals surface area contributed by atoms with Gasteiger partial charge in [-0.15, -0.1) is 0 Å². The van der Waals surface area contributed by atoms with Gasteiger partial charge < -0.3 is 10.2 Å². The second kappa shape index (κ2) is 6.13. The van der Waals surface area contributed by atoms with E-state index in [0.29, 0.717) is 4.47 Å². The normalized spacial score (nSPS) is 17.1. The average Bonchev–Trinajstić information content (AvgIpc) is 2.38. The first-order valence-corrected chi connectivity index (χ1v) is 7.26. The van der Waals surface area contributed by atoms with Crippen LogP contribution in [0.15, 0.2) is 10.5 Å². The highest BCUT2D eigenvalue weighted by Gasteiger charge is 2.15. The molecule has 2 nitrogen and oxygen atoms in total. The van der Waals surface area contributed by atoms with Crippen LogP contribution in [0.1, 0.15) is 16.7 Å². The molecule has 2 rings (SSSR count). The molecule has 1 heterocycles. The molecule has 0 aliphatic carbocycles. The van der Waals surface area contributed by atoms with E-state index < -0.39 is 0 Å². The first-order valence-electron chi connectivity index (χ1n) is 6.46. The lowest BCUT2D eigenvalue weighted by atomic mass is 10.00. The van der Waals surface area contributed by atoms with E-state index >= 15 is 0 Å². The zero-order valence-electron chi connectivity index (χ0n) is 11.0. The summed E-state index contributed by atoms with van der Waals surface area (Å²) in [6.07, 6.45) is 0.790. The fourth-order valence-corrected chi connectivity index (χ4v) is 2.99. The lowest BCUT2D eigenvalue weighted by Gasteiger charge is -2.27. The van der Waals surface area contributed by atoms with Crippen LogP contribution >= 0.6 is 15.9 Å². The number of nitrogens with zero attached hydrogens (tertiary/aromatic N) is 1. The fraction of sp³-hybridized carbons (Fsp3) is 0.571. The van der Waals surface area contributed by atoms with E-state index in [2.05, 4.69) is 26.1 Å². The Bertz CT molecular complexity index is 402. The molecule has 1 N–H and O–H groups in total. The second-order valence-electron chi connectivity index (χ2n) is 4.93. The topological polar surface area (TPSA) is 15.3 Å².